The van der Waals surface area contributed by atoms with Crippen LogP contribution in [0.2, 0.25) is 39.3 Å². The minimum absolute atomic E-state index is 0.0984. The molecule has 1 fully saturated rings. The van der Waals surface area contributed by atoms with Crippen molar-refractivity contribution in [1.29, 1.82) is 0 Å². The smallest absolute Gasteiger partial charge is 0.334 e. The van der Waals surface area contributed by atoms with E-state index in [4.69, 9.17) is 9.47 Å². The predicted molar refractivity (Wildman–Crippen MR) is 121 cm³/mol. The van der Waals surface area contributed by atoms with E-state index in [2.05, 4.69) is 51.4 Å². The molecule has 0 heterocycles. The standard InChI is InChI=1S/C23H32O4Si2/c1-26-22(24)20-18-14-9-15(19(18)21(20)23(25)27-2)13-11-17(29(6,7)8)16(10-12(13)14)28(3,4)5/h10-11,14-15,18-19H,9H2,1-8H3/t14-,15+,18-,19+. The third-order valence-corrected chi connectivity index (χ3v) is 11.5. The quantitative estimate of drug-likeness (QED) is 0.546. The molecule has 29 heavy (non-hydrogen) atoms. The lowest BCUT2D eigenvalue weighted by atomic mass is 9.60. The van der Waals surface area contributed by atoms with Gasteiger partial charge in [0.05, 0.1) is 41.5 Å². The molecular formula is C23H32O4Si2. The molecule has 1 saturated carbocycles. The fourth-order valence-electron chi connectivity index (χ4n) is 5.96. The molecule has 0 unspecified atom stereocenters. The molecule has 1 aromatic rings. The maximum atomic E-state index is 12.5. The molecule has 0 aliphatic heterocycles. The van der Waals surface area contributed by atoms with E-state index < -0.39 is 16.1 Å². The van der Waals surface area contributed by atoms with Crippen LogP contribution in [0.25, 0.3) is 0 Å². The number of hydrogen-bond donors (Lipinski definition) is 0. The van der Waals surface area contributed by atoms with Gasteiger partial charge in [0.2, 0.25) is 0 Å². The van der Waals surface area contributed by atoms with Crippen molar-refractivity contribution < 1.29 is 19.1 Å². The van der Waals surface area contributed by atoms with E-state index in [0.717, 1.165) is 6.42 Å². The van der Waals surface area contributed by atoms with E-state index in [1.54, 1.807) is 10.4 Å². The average Bonchev–Trinajstić information content (AvgIpc) is 3.11. The molecule has 0 N–H and O–H groups in total. The topological polar surface area (TPSA) is 52.6 Å². The third-order valence-electron chi connectivity index (χ3n) is 7.17. The summed E-state index contributed by atoms with van der Waals surface area (Å²) in [5, 5.41) is 3.16. The maximum absolute atomic E-state index is 12.5. The fourth-order valence-corrected chi connectivity index (χ4v) is 11.1. The summed E-state index contributed by atoms with van der Waals surface area (Å²) < 4.78 is 10.1. The van der Waals surface area contributed by atoms with Crippen LogP contribution in [0.1, 0.15) is 29.4 Å². The van der Waals surface area contributed by atoms with E-state index in [9.17, 15) is 9.59 Å². The lowest BCUT2D eigenvalue weighted by Crippen LogP contribution is -2.57. The summed E-state index contributed by atoms with van der Waals surface area (Å²) in [5.41, 5.74) is 3.96. The van der Waals surface area contributed by atoms with Crippen molar-refractivity contribution in [2.45, 2.75) is 57.5 Å². The summed E-state index contributed by atoms with van der Waals surface area (Å²) in [7, 11) is -0.228. The number of ether oxygens (including phenoxy) is 2. The van der Waals surface area contributed by atoms with Gasteiger partial charge in [0, 0.05) is 11.8 Å². The molecule has 0 amide bonds. The summed E-state index contributed by atoms with van der Waals surface area (Å²) in [6, 6.07) is 4.97. The largest absolute Gasteiger partial charge is 0.466 e. The van der Waals surface area contributed by atoms with Crippen LogP contribution in [-0.4, -0.2) is 42.3 Å². The molecule has 4 atom stereocenters. The van der Waals surface area contributed by atoms with E-state index in [1.165, 1.54) is 25.3 Å². The second-order valence-electron chi connectivity index (χ2n) is 10.8. The predicted octanol–water partition coefficient (Wildman–Crippen LogP) is 3.25. The van der Waals surface area contributed by atoms with Gasteiger partial charge in [-0.3, -0.25) is 0 Å². The van der Waals surface area contributed by atoms with E-state index >= 15 is 0 Å². The van der Waals surface area contributed by atoms with Crippen molar-refractivity contribution in [2.24, 2.45) is 11.8 Å². The van der Waals surface area contributed by atoms with Crippen LogP contribution in [0.15, 0.2) is 23.3 Å². The van der Waals surface area contributed by atoms with Gasteiger partial charge in [-0.15, -0.1) is 0 Å². The Balaban J connectivity index is 1.87. The summed E-state index contributed by atoms with van der Waals surface area (Å²) in [5.74, 6) is 0.0823. The summed E-state index contributed by atoms with van der Waals surface area (Å²) >= 11 is 0. The van der Waals surface area contributed by atoms with Crippen LogP contribution in [0.4, 0.5) is 0 Å². The Hall–Kier alpha value is -1.67. The molecule has 0 radical (unpaired) electrons. The highest BCUT2D eigenvalue weighted by Gasteiger charge is 2.63. The number of benzene rings is 1. The van der Waals surface area contributed by atoms with Crippen molar-refractivity contribution in [3.63, 3.8) is 0 Å². The van der Waals surface area contributed by atoms with Crippen LogP contribution in [-0.2, 0) is 19.1 Å². The molecule has 2 bridgehead atoms. The average molecular weight is 429 g/mol. The van der Waals surface area contributed by atoms with Gasteiger partial charge in [-0.05, 0) is 29.4 Å². The minimum atomic E-state index is -1.50. The number of carbonyl (C=O) groups excluding carboxylic acids is 2. The zero-order chi connectivity index (χ0) is 21.5. The molecule has 3 aliphatic carbocycles. The van der Waals surface area contributed by atoms with Gasteiger partial charge in [0.15, 0.2) is 0 Å². The first-order valence-electron chi connectivity index (χ1n) is 10.5. The Kier molecular flexibility index (Phi) is 4.56. The zero-order valence-corrected chi connectivity index (χ0v) is 20.8. The second kappa shape index (κ2) is 6.41. The first-order valence-corrected chi connectivity index (χ1v) is 17.5. The first kappa shape index (κ1) is 20.6. The van der Waals surface area contributed by atoms with Crippen molar-refractivity contribution in [3.8, 4) is 0 Å². The van der Waals surface area contributed by atoms with E-state index in [-0.39, 0.29) is 23.8 Å². The number of methoxy groups -OCH3 is 2. The summed E-state index contributed by atoms with van der Waals surface area (Å²) in [6.45, 7) is 14.5. The van der Waals surface area contributed by atoms with Crippen LogP contribution in [0.3, 0.4) is 0 Å². The molecule has 0 aromatic heterocycles. The highest BCUT2D eigenvalue weighted by molar-refractivity contribution is 6.98. The Morgan fingerprint density at radius 2 is 1.10 bits per heavy atom. The van der Waals surface area contributed by atoms with E-state index in [1.807, 2.05) is 0 Å². The molecule has 4 nitrogen and oxygen atoms in total. The van der Waals surface area contributed by atoms with Crippen molar-refractivity contribution in [2.75, 3.05) is 14.2 Å². The van der Waals surface area contributed by atoms with Crippen LogP contribution < -0.4 is 10.4 Å². The highest BCUT2D eigenvalue weighted by atomic mass is 28.3. The van der Waals surface area contributed by atoms with Gasteiger partial charge in [0.1, 0.15) is 0 Å². The summed E-state index contributed by atoms with van der Waals surface area (Å²) in [4.78, 5) is 25.0. The molecule has 4 rings (SSSR count). The van der Waals surface area contributed by atoms with Gasteiger partial charge in [-0.2, -0.15) is 0 Å². The molecule has 0 spiro atoms. The Morgan fingerprint density at radius 3 is 1.38 bits per heavy atom. The van der Waals surface area contributed by atoms with Gasteiger partial charge in [0.25, 0.3) is 0 Å². The SMILES string of the molecule is COC(=O)C1=C(C(=O)OC)[C@H]2[C@@H]1[C@H]1C[C@@H]2c2cc([Si](C)(C)C)c([Si](C)(C)C)cc21. The van der Waals surface area contributed by atoms with Crippen LogP contribution in [0, 0.1) is 11.8 Å². The number of rotatable bonds is 4. The normalized spacial score (nSPS) is 27.3. The first-order chi connectivity index (χ1) is 13.4. The lowest BCUT2D eigenvalue weighted by Gasteiger charge is -2.43. The molecular weight excluding hydrogens is 396 g/mol. The van der Waals surface area contributed by atoms with Crippen molar-refractivity contribution >= 4 is 38.5 Å². The van der Waals surface area contributed by atoms with Crippen molar-refractivity contribution in [3.05, 3.63) is 34.4 Å². The minimum Gasteiger partial charge on any atom is -0.466 e. The molecule has 1 aromatic carbocycles. The monoisotopic (exact) mass is 428 g/mol. The molecule has 156 valence electrons. The van der Waals surface area contributed by atoms with Crippen molar-refractivity contribution in [1.82, 2.24) is 0 Å². The van der Waals surface area contributed by atoms with Gasteiger partial charge >= 0.3 is 11.9 Å². The van der Waals surface area contributed by atoms with Crippen LogP contribution >= 0.6 is 0 Å². The number of carbonyl (C=O) groups is 2. The van der Waals surface area contributed by atoms with Gasteiger partial charge < -0.3 is 9.47 Å². The van der Waals surface area contributed by atoms with E-state index in [0.29, 0.717) is 23.0 Å². The zero-order valence-electron chi connectivity index (χ0n) is 18.8. The molecule has 3 aliphatic rings. The molecule has 0 saturated heterocycles. The van der Waals surface area contributed by atoms with Crippen LogP contribution in [0.5, 0.6) is 0 Å². The number of fused-ring (bicyclic) bond motifs is 8. The highest BCUT2D eigenvalue weighted by Crippen LogP contribution is 2.68. The fraction of sp³-hybridized carbons (Fsp3) is 0.565. The molecule has 6 heteroatoms. The number of hydrogen-bond acceptors (Lipinski definition) is 4. The Morgan fingerprint density at radius 1 is 0.759 bits per heavy atom. The van der Waals surface area contributed by atoms with Gasteiger partial charge in [-0.1, -0.05) is 61.8 Å². The van der Waals surface area contributed by atoms with Gasteiger partial charge in [-0.25, -0.2) is 9.59 Å². The Labute approximate surface area is 175 Å². The second-order valence-corrected chi connectivity index (χ2v) is 20.9. The number of esters is 2. The maximum Gasteiger partial charge on any atom is 0.334 e. The Bertz CT molecular complexity index is 874. The summed E-state index contributed by atoms with van der Waals surface area (Å²) in [6.07, 6.45) is 1.02. The lowest BCUT2D eigenvalue weighted by molar-refractivity contribution is -0.142. The third kappa shape index (κ3) is 2.82.